The van der Waals surface area contributed by atoms with Crippen LogP contribution in [0.25, 0.3) is 0 Å². The van der Waals surface area contributed by atoms with Crippen molar-refractivity contribution in [2.75, 3.05) is 31.1 Å². The molecule has 2 aromatic rings. The van der Waals surface area contributed by atoms with Crippen molar-refractivity contribution >= 4 is 23.2 Å². The molecule has 0 aliphatic carbocycles. The van der Waals surface area contributed by atoms with Crippen LogP contribution in [0.3, 0.4) is 0 Å². The average molecular weight is 387 g/mol. The Labute approximate surface area is 163 Å². The largest absolute Gasteiger partial charge is 0.370 e. The number of halogens is 1. The molecule has 7 heteroatoms. The van der Waals surface area contributed by atoms with Crippen molar-refractivity contribution in [1.29, 1.82) is 0 Å². The second-order valence-corrected chi connectivity index (χ2v) is 7.78. The number of benzene rings is 1. The van der Waals surface area contributed by atoms with E-state index in [4.69, 9.17) is 11.6 Å². The predicted molar refractivity (Wildman–Crippen MR) is 106 cm³/mol. The van der Waals surface area contributed by atoms with Crippen LogP contribution < -0.4 is 10.5 Å². The van der Waals surface area contributed by atoms with Crippen molar-refractivity contribution < 1.29 is 4.79 Å². The zero-order valence-corrected chi connectivity index (χ0v) is 16.2. The zero-order chi connectivity index (χ0) is 19.0. The lowest BCUT2D eigenvalue weighted by Gasteiger charge is -2.35. The number of amides is 1. The lowest BCUT2D eigenvalue weighted by Crippen LogP contribution is -2.44. The van der Waals surface area contributed by atoms with Gasteiger partial charge in [0.05, 0.1) is 17.9 Å². The Morgan fingerprint density at radius 1 is 1.19 bits per heavy atom. The van der Waals surface area contributed by atoms with E-state index >= 15 is 0 Å². The van der Waals surface area contributed by atoms with Gasteiger partial charge in [-0.25, -0.2) is 4.68 Å². The highest BCUT2D eigenvalue weighted by Gasteiger charge is 2.28. The number of likely N-dealkylation sites (tertiary alicyclic amines) is 1. The van der Waals surface area contributed by atoms with Crippen molar-refractivity contribution in [3.05, 3.63) is 57.0 Å². The number of rotatable bonds is 3. The number of carbonyl (C=O) groups is 1. The molecule has 0 saturated carbocycles. The summed E-state index contributed by atoms with van der Waals surface area (Å²) in [5, 5.41) is 4.96. The Hall–Kier alpha value is -2.34. The summed E-state index contributed by atoms with van der Waals surface area (Å²) in [5.74, 6) is -0.0371. The Bertz CT molecular complexity index is 922. The van der Waals surface area contributed by atoms with Gasteiger partial charge in [0.2, 0.25) is 0 Å². The van der Waals surface area contributed by atoms with E-state index in [1.807, 2.05) is 17.9 Å². The molecule has 27 heavy (non-hydrogen) atoms. The molecule has 1 aromatic carbocycles. The fourth-order valence-corrected chi connectivity index (χ4v) is 3.94. The Morgan fingerprint density at radius 3 is 2.70 bits per heavy atom. The van der Waals surface area contributed by atoms with Gasteiger partial charge in [-0.15, -0.1) is 0 Å². The lowest BCUT2D eigenvalue weighted by atomic mass is 10.0. The van der Waals surface area contributed by atoms with Crippen LogP contribution in [0.5, 0.6) is 0 Å². The number of nitrogens with zero attached hydrogens (tertiary/aromatic N) is 4. The van der Waals surface area contributed by atoms with Crippen molar-refractivity contribution in [2.45, 2.75) is 32.2 Å². The molecular weight excluding hydrogens is 364 g/mol. The van der Waals surface area contributed by atoms with Gasteiger partial charge in [-0.1, -0.05) is 17.7 Å². The monoisotopic (exact) mass is 386 g/mol. The summed E-state index contributed by atoms with van der Waals surface area (Å²) in [5.41, 5.74) is 2.32. The van der Waals surface area contributed by atoms with E-state index in [1.54, 1.807) is 24.4 Å². The molecule has 1 aromatic heterocycles. The molecule has 2 saturated heterocycles. The van der Waals surface area contributed by atoms with Gasteiger partial charge >= 0.3 is 0 Å². The van der Waals surface area contributed by atoms with E-state index in [9.17, 15) is 9.59 Å². The summed E-state index contributed by atoms with van der Waals surface area (Å²) in [6.07, 6.45) is 4.61. The van der Waals surface area contributed by atoms with Gasteiger partial charge < -0.3 is 9.80 Å². The van der Waals surface area contributed by atoms with E-state index in [2.05, 4.69) is 10.00 Å². The fraction of sp³-hybridized carbons (Fsp3) is 0.450. The molecule has 2 fully saturated rings. The molecular formula is C20H23ClN4O2. The first-order valence-corrected chi connectivity index (χ1v) is 9.80. The van der Waals surface area contributed by atoms with Crippen LogP contribution in [0.15, 0.2) is 35.3 Å². The highest BCUT2D eigenvalue weighted by Crippen LogP contribution is 2.24. The molecule has 2 aliphatic rings. The van der Waals surface area contributed by atoms with Gasteiger partial charge in [-0.3, -0.25) is 9.59 Å². The highest BCUT2D eigenvalue weighted by atomic mass is 35.5. The zero-order valence-electron chi connectivity index (χ0n) is 15.4. The van der Waals surface area contributed by atoms with E-state index in [-0.39, 0.29) is 17.5 Å². The summed E-state index contributed by atoms with van der Waals surface area (Å²) in [6, 6.07) is 6.93. The summed E-state index contributed by atoms with van der Waals surface area (Å²) in [4.78, 5) is 29.5. The van der Waals surface area contributed by atoms with E-state index in [1.165, 1.54) is 4.68 Å². The Kier molecular flexibility index (Phi) is 4.91. The third-order valence-corrected chi connectivity index (χ3v) is 5.73. The van der Waals surface area contributed by atoms with E-state index in [0.717, 1.165) is 43.6 Å². The Morgan fingerprint density at radius 2 is 2.00 bits per heavy atom. The van der Waals surface area contributed by atoms with E-state index < -0.39 is 0 Å². The minimum atomic E-state index is -0.0994. The highest BCUT2D eigenvalue weighted by molar-refractivity contribution is 6.31. The first-order chi connectivity index (χ1) is 13.0. The maximum atomic E-state index is 13.0. The summed E-state index contributed by atoms with van der Waals surface area (Å²) in [7, 11) is 0. The first-order valence-electron chi connectivity index (χ1n) is 9.42. The van der Waals surface area contributed by atoms with Gasteiger partial charge in [0.25, 0.3) is 11.5 Å². The fourth-order valence-electron chi connectivity index (χ4n) is 3.76. The van der Waals surface area contributed by atoms with Crippen LogP contribution in [-0.4, -0.2) is 46.8 Å². The number of anilines is 1. The molecule has 6 nitrogen and oxygen atoms in total. The lowest BCUT2D eigenvalue weighted by molar-refractivity contribution is 0.0669. The van der Waals surface area contributed by atoms with Crippen LogP contribution in [0.2, 0.25) is 5.02 Å². The third kappa shape index (κ3) is 3.58. The van der Waals surface area contributed by atoms with E-state index in [0.29, 0.717) is 23.7 Å². The number of hydrogen-bond acceptors (Lipinski definition) is 4. The smallest absolute Gasteiger partial charge is 0.269 e. The molecule has 0 radical (unpaired) electrons. The van der Waals surface area contributed by atoms with Crippen molar-refractivity contribution in [1.82, 2.24) is 14.7 Å². The molecule has 1 amide bonds. The molecule has 1 atom stereocenters. The average Bonchev–Trinajstić information content (AvgIpc) is 2.62. The van der Waals surface area contributed by atoms with Crippen LogP contribution in [0, 0.1) is 6.92 Å². The van der Waals surface area contributed by atoms with Gasteiger partial charge in [-0.05, 0) is 43.9 Å². The molecule has 0 unspecified atom stereocenters. The Balaban J connectivity index is 1.53. The van der Waals surface area contributed by atoms with Gasteiger partial charge in [0.1, 0.15) is 0 Å². The predicted octanol–water partition coefficient (Wildman–Crippen LogP) is 2.89. The molecule has 4 rings (SSSR count). The third-order valence-electron chi connectivity index (χ3n) is 5.49. The summed E-state index contributed by atoms with van der Waals surface area (Å²) >= 11 is 6.07. The molecule has 0 spiro atoms. The second kappa shape index (κ2) is 7.35. The van der Waals surface area contributed by atoms with Crippen molar-refractivity contribution in [2.24, 2.45) is 0 Å². The maximum absolute atomic E-state index is 13.0. The number of piperidine rings is 1. The van der Waals surface area contributed by atoms with Gasteiger partial charge in [0, 0.05) is 42.8 Å². The van der Waals surface area contributed by atoms with Crippen LogP contribution in [0.1, 0.15) is 41.2 Å². The SMILES string of the molecule is Cc1ccc(Cl)cc1C(=O)N1CCC[C@@H](n2ncc(N3CCC3)cc2=O)C1. The minimum Gasteiger partial charge on any atom is -0.370 e. The molecule has 142 valence electrons. The maximum Gasteiger partial charge on any atom is 0.269 e. The first kappa shape index (κ1) is 18.0. The van der Waals surface area contributed by atoms with Gasteiger partial charge in [-0.2, -0.15) is 5.10 Å². The molecule has 3 heterocycles. The number of carbonyl (C=O) groups excluding carboxylic acids is 1. The van der Waals surface area contributed by atoms with Crippen LogP contribution in [0.4, 0.5) is 5.69 Å². The normalized spacial score (nSPS) is 19.7. The van der Waals surface area contributed by atoms with Crippen LogP contribution >= 0.6 is 11.6 Å². The summed E-state index contributed by atoms with van der Waals surface area (Å²) in [6.45, 7) is 5.04. The topological polar surface area (TPSA) is 58.4 Å². The van der Waals surface area contributed by atoms with Crippen molar-refractivity contribution in [3.63, 3.8) is 0 Å². The van der Waals surface area contributed by atoms with Crippen LogP contribution in [-0.2, 0) is 0 Å². The van der Waals surface area contributed by atoms with Crippen molar-refractivity contribution in [3.8, 4) is 0 Å². The molecule has 0 N–H and O–H groups in total. The second-order valence-electron chi connectivity index (χ2n) is 7.34. The molecule has 2 aliphatic heterocycles. The summed E-state index contributed by atoms with van der Waals surface area (Å²) < 4.78 is 1.54. The quantitative estimate of drug-likeness (QED) is 0.813. The minimum absolute atomic E-state index is 0.0371. The number of hydrogen-bond donors (Lipinski definition) is 0. The number of aromatic nitrogens is 2. The van der Waals surface area contributed by atoms with Gasteiger partial charge in [0.15, 0.2) is 0 Å². The standard InChI is InChI=1S/C20H23ClN4O2/c1-14-5-6-15(21)10-18(14)20(27)24-7-2-4-16(13-24)25-19(26)11-17(12-22-25)23-8-3-9-23/h5-6,10-12,16H,2-4,7-9,13H2,1H3/t16-/m1/s1. The number of aryl methyl sites for hydroxylation is 1. The molecule has 0 bridgehead atoms.